The first kappa shape index (κ1) is 25.1. The number of carbonyl (C=O) groups excluding carboxylic acids is 1. The molecule has 1 aliphatic rings. The van der Waals surface area contributed by atoms with Crippen molar-refractivity contribution in [1.29, 1.82) is 0 Å². The Balaban J connectivity index is 1.64. The van der Waals surface area contributed by atoms with Crippen LogP contribution in [0.3, 0.4) is 0 Å². The molecule has 5 nitrogen and oxygen atoms in total. The average molecular weight is 471 g/mol. The van der Waals surface area contributed by atoms with Crippen LogP contribution in [0.15, 0.2) is 55.0 Å². The summed E-state index contributed by atoms with van der Waals surface area (Å²) in [5.41, 5.74) is 8.75. The van der Waals surface area contributed by atoms with Crippen molar-refractivity contribution in [2.24, 2.45) is 5.92 Å². The summed E-state index contributed by atoms with van der Waals surface area (Å²) in [5.74, 6) is 0.0269. The van der Waals surface area contributed by atoms with Crippen LogP contribution in [0, 0.1) is 19.8 Å². The quantitative estimate of drug-likeness (QED) is 0.449. The minimum Gasteiger partial charge on any atom is -0.341 e. The molecule has 5 heteroatoms. The van der Waals surface area contributed by atoms with Crippen molar-refractivity contribution in [2.75, 3.05) is 20.1 Å². The van der Waals surface area contributed by atoms with E-state index in [2.05, 4.69) is 61.8 Å². The Morgan fingerprint density at radius 2 is 1.86 bits per heavy atom. The van der Waals surface area contributed by atoms with Crippen LogP contribution >= 0.6 is 0 Å². The van der Waals surface area contributed by atoms with E-state index in [1.165, 1.54) is 27.8 Å². The SMILES string of the molecule is CCCN(CC(C)C(=O)N(C)Cc1cccnc1)C1c2ccc(C)cc2CCc2cc(C)cnc21. The molecule has 0 radical (unpaired) electrons. The minimum atomic E-state index is -0.130. The summed E-state index contributed by atoms with van der Waals surface area (Å²) in [6.45, 7) is 10.7. The second-order valence-corrected chi connectivity index (χ2v) is 10.1. The van der Waals surface area contributed by atoms with E-state index in [4.69, 9.17) is 4.98 Å². The molecular formula is C30H38N4O. The van der Waals surface area contributed by atoms with E-state index in [9.17, 15) is 4.79 Å². The van der Waals surface area contributed by atoms with E-state index in [-0.39, 0.29) is 17.9 Å². The highest BCUT2D eigenvalue weighted by molar-refractivity contribution is 5.78. The molecule has 184 valence electrons. The highest BCUT2D eigenvalue weighted by Gasteiger charge is 2.32. The van der Waals surface area contributed by atoms with Crippen molar-refractivity contribution < 1.29 is 4.79 Å². The van der Waals surface area contributed by atoms with Gasteiger partial charge in [0.25, 0.3) is 0 Å². The minimum absolute atomic E-state index is 0.0579. The van der Waals surface area contributed by atoms with Crippen LogP contribution in [0.25, 0.3) is 0 Å². The van der Waals surface area contributed by atoms with E-state index < -0.39 is 0 Å². The van der Waals surface area contributed by atoms with E-state index >= 15 is 0 Å². The van der Waals surface area contributed by atoms with Gasteiger partial charge in [-0.15, -0.1) is 0 Å². The number of nitrogens with zero attached hydrogens (tertiary/aromatic N) is 4. The summed E-state index contributed by atoms with van der Waals surface area (Å²) in [6, 6.07) is 13.1. The first-order chi connectivity index (χ1) is 16.9. The second-order valence-electron chi connectivity index (χ2n) is 10.1. The summed E-state index contributed by atoms with van der Waals surface area (Å²) in [6.07, 6.45) is 8.62. The number of hydrogen-bond donors (Lipinski definition) is 0. The highest BCUT2D eigenvalue weighted by atomic mass is 16.2. The van der Waals surface area contributed by atoms with Gasteiger partial charge in [-0.2, -0.15) is 0 Å². The van der Waals surface area contributed by atoms with Crippen LogP contribution in [0.2, 0.25) is 0 Å². The van der Waals surface area contributed by atoms with Gasteiger partial charge in [0.1, 0.15) is 0 Å². The lowest BCUT2D eigenvalue weighted by atomic mass is 9.94. The maximum atomic E-state index is 13.4. The van der Waals surface area contributed by atoms with Gasteiger partial charge < -0.3 is 4.90 Å². The fourth-order valence-electron chi connectivity index (χ4n) is 5.35. The molecule has 0 spiro atoms. The molecule has 2 atom stereocenters. The molecule has 1 amide bonds. The lowest BCUT2D eigenvalue weighted by Gasteiger charge is -2.35. The zero-order valence-electron chi connectivity index (χ0n) is 21.8. The first-order valence-corrected chi connectivity index (χ1v) is 12.8. The number of rotatable bonds is 8. The van der Waals surface area contributed by atoms with Gasteiger partial charge in [-0.3, -0.25) is 19.7 Å². The molecular weight excluding hydrogens is 432 g/mol. The van der Waals surface area contributed by atoms with Gasteiger partial charge in [0.15, 0.2) is 0 Å². The topological polar surface area (TPSA) is 49.3 Å². The summed E-state index contributed by atoms with van der Waals surface area (Å²) in [4.78, 5) is 26.9. The summed E-state index contributed by atoms with van der Waals surface area (Å²) >= 11 is 0. The summed E-state index contributed by atoms with van der Waals surface area (Å²) < 4.78 is 0. The van der Waals surface area contributed by atoms with Crippen LogP contribution in [-0.2, 0) is 24.2 Å². The van der Waals surface area contributed by atoms with Gasteiger partial charge in [0, 0.05) is 44.6 Å². The second kappa shape index (κ2) is 11.1. The van der Waals surface area contributed by atoms with Crippen molar-refractivity contribution in [3.05, 3.63) is 94.1 Å². The molecule has 0 saturated carbocycles. The average Bonchev–Trinajstić information content (AvgIpc) is 3.00. The molecule has 2 aromatic heterocycles. The Morgan fingerprint density at radius 3 is 2.60 bits per heavy atom. The van der Waals surface area contributed by atoms with Crippen LogP contribution in [0.5, 0.6) is 0 Å². The molecule has 0 fully saturated rings. The lowest BCUT2D eigenvalue weighted by molar-refractivity contribution is -0.135. The third-order valence-corrected chi connectivity index (χ3v) is 6.98. The molecule has 4 rings (SSSR count). The zero-order chi connectivity index (χ0) is 24.9. The fourth-order valence-corrected chi connectivity index (χ4v) is 5.35. The van der Waals surface area contributed by atoms with Crippen molar-refractivity contribution in [2.45, 2.75) is 59.5 Å². The summed E-state index contributed by atoms with van der Waals surface area (Å²) in [5, 5.41) is 0. The van der Waals surface area contributed by atoms with E-state index in [0.29, 0.717) is 13.1 Å². The smallest absolute Gasteiger partial charge is 0.226 e. The van der Waals surface area contributed by atoms with E-state index in [1.54, 1.807) is 6.20 Å². The number of fused-ring (bicyclic) bond motifs is 2. The normalized spacial score (nSPS) is 15.8. The fraction of sp³-hybridized carbons (Fsp3) is 0.433. The molecule has 0 aliphatic heterocycles. The number of amides is 1. The van der Waals surface area contributed by atoms with Crippen molar-refractivity contribution in [1.82, 2.24) is 19.8 Å². The molecule has 0 N–H and O–H groups in total. The van der Waals surface area contributed by atoms with Crippen molar-refractivity contribution >= 4 is 5.91 Å². The maximum absolute atomic E-state index is 13.4. The Bertz CT molecular complexity index is 1110. The van der Waals surface area contributed by atoms with Crippen molar-refractivity contribution in [3.8, 4) is 0 Å². The molecule has 1 aromatic carbocycles. The number of carbonyl (C=O) groups is 1. The first-order valence-electron chi connectivity index (χ1n) is 12.8. The van der Waals surface area contributed by atoms with Crippen LogP contribution < -0.4 is 0 Å². The maximum Gasteiger partial charge on any atom is 0.226 e. The van der Waals surface area contributed by atoms with Gasteiger partial charge in [-0.05, 0) is 73.5 Å². The predicted molar refractivity (Wildman–Crippen MR) is 141 cm³/mol. The Labute approximate surface area is 210 Å². The molecule has 1 aliphatic carbocycles. The number of aromatic nitrogens is 2. The Hall–Kier alpha value is -3.05. The van der Waals surface area contributed by atoms with E-state index in [1.807, 2.05) is 36.5 Å². The van der Waals surface area contributed by atoms with Gasteiger partial charge >= 0.3 is 0 Å². The van der Waals surface area contributed by atoms with E-state index in [0.717, 1.165) is 37.1 Å². The largest absolute Gasteiger partial charge is 0.341 e. The number of benzene rings is 1. The predicted octanol–water partition coefficient (Wildman–Crippen LogP) is 5.29. The Kier molecular flexibility index (Phi) is 7.97. The lowest BCUT2D eigenvalue weighted by Crippen LogP contribution is -2.41. The number of hydrogen-bond acceptors (Lipinski definition) is 4. The summed E-state index contributed by atoms with van der Waals surface area (Å²) in [7, 11) is 1.89. The monoisotopic (exact) mass is 470 g/mol. The van der Waals surface area contributed by atoms with Crippen LogP contribution in [0.4, 0.5) is 0 Å². The van der Waals surface area contributed by atoms with Gasteiger partial charge in [-0.1, -0.05) is 49.7 Å². The molecule has 3 aromatic rings. The highest BCUT2D eigenvalue weighted by Crippen LogP contribution is 2.37. The standard InChI is InChI=1S/C30H38N4O/c1-6-14-34(19-23(4)30(35)33(5)20-24-8-7-13-31-18-24)29-27-12-9-21(2)15-25(27)10-11-26-16-22(3)17-32-28(26)29/h7-9,12-13,15-18,23,29H,6,10-11,14,19-20H2,1-5H3. The van der Waals surface area contributed by atoms with Crippen LogP contribution in [0.1, 0.15) is 65.4 Å². The zero-order valence-corrected chi connectivity index (χ0v) is 21.8. The number of pyridine rings is 2. The molecule has 2 heterocycles. The van der Waals surface area contributed by atoms with Crippen molar-refractivity contribution in [3.63, 3.8) is 0 Å². The molecule has 0 saturated heterocycles. The van der Waals surface area contributed by atoms with Crippen LogP contribution in [-0.4, -0.2) is 45.8 Å². The van der Waals surface area contributed by atoms with Gasteiger partial charge in [0.2, 0.25) is 5.91 Å². The Morgan fingerprint density at radius 1 is 1.09 bits per heavy atom. The van der Waals surface area contributed by atoms with Gasteiger partial charge in [0.05, 0.1) is 11.7 Å². The third-order valence-electron chi connectivity index (χ3n) is 6.98. The number of aryl methyl sites for hydroxylation is 4. The van der Waals surface area contributed by atoms with Gasteiger partial charge in [-0.25, -0.2) is 0 Å². The molecule has 35 heavy (non-hydrogen) atoms. The third kappa shape index (κ3) is 5.79. The molecule has 0 bridgehead atoms. The molecule has 2 unspecified atom stereocenters.